The van der Waals surface area contributed by atoms with Crippen molar-refractivity contribution >= 4 is 5.91 Å². The molecule has 2 heterocycles. The van der Waals surface area contributed by atoms with E-state index in [0.717, 1.165) is 22.7 Å². The van der Waals surface area contributed by atoms with E-state index in [2.05, 4.69) is 10.2 Å². The van der Waals surface area contributed by atoms with E-state index in [1.807, 2.05) is 37.3 Å². The number of hydrogen-bond donors (Lipinski definition) is 2. The Balaban J connectivity index is 1.57. The average Bonchev–Trinajstić information content (AvgIpc) is 3.15. The van der Waals surface area contributed by atoms with Crippen LogP contribution in [0.3, 0.4) is 0 Å². The fourth-order valence-corrected chi connectivity index (χ4v) is 3.14. The van der Waals surface area contributed by atoms with Crippen molar-refractivity contribution in [3.63, 3.8) is 0 Å². The van der Waals surface area contributed by atoms with Gasteiger partial charge in [0.1, 0.15) is 5.75 Å². The summed E-state index contributed by atoms with van der Waals surface area (Å²) in [5.41, 5.74) is 2.88. The lowest BCUT2D eigenvalue weighted by Crippen LogP contribution is -2.31. The molecule has 6 nitrogen and oxygen atoms in total. The summed E-state index contributed by atoms with van der Waals surface area (Å²) < 4.78 is 5.12. The summed E-state index contributed by atoms with van der Waals surface area (Å²) in [5, 5.41) is 17.4. The van der Waals surface area contributed by atoms with E-state index in [9.17, 15) is 9.90 Å². The van der Waals surface area contributed by atoms with Crippen LogP contribution in [-0.4, -0.2) is 52.4 Å². The van der Waals surface area contributed by atoms with Gasteiger partial charge in [-0.3, -0.25) is 9.89 Å². The molecule has 1 saturated heterocycles. The molecule has 0 radical (unpaired) electrons. The lowest BCUT2D eigenvalue weighted by atomic mass is 10.0. The number of β-amino-alcohol motifs (C(OH)–C–C–N with tert-alkyl or cyclic N) is 1. The number of carbonyl (C=O) groups excluding carboxylic acids is 1. The Morgan fingerprint density at radius 1 is 1.38 bits per heavy atom. The molecule has 2 atom stereocenters. The quantitative estimate of drug-likeness (QED) is 0.867. The van der Waals surface area contributed by atoms with Crippen LogP contribution in [0.2, 0.25) is 0 Å². The summed E-state index contributed by atoms with van der Waals surface area (Å²) in [5.74, 6) is 0.851. The maximum absolute atomic E-state index is 12.5. The molecule has 0 bridgehead atoms. The van der Waals surface area contributed by atoms with E-state index >= 15 is 0 Å². The lowest BCUT2D eigenvalue weighted by Gasteiger charge is -2.16. The second kappa shape index (κ2) is 7.05. The number of benzene rings is 1. The first-order valence-corrected chi connectivity index (χ1v) is 8.15. The molecule has 2 unspecified atom stereocenters. The molecule has 2 aromatic rings. The monoisotopic (exact) mass is 329 g/mol. The van der Waals surface area contributed by atoms with Gasteiger partial charge in [-0.15, -0.1) is 0 Å². The predicted molar refractivity (Wildman–Crippen MR) is 89.8 cm³/mol. The van der Waals surface area contributed by atoms with Gasteiger partial charge in [0, 0.05) is 24.7 Å². The van der Waals surface area contributed by atoms with E-state index in [1.54, 1.807) is 12.0 Å². The van der Waals surface area contributed by atoms with Crippen LogP contribution >= 0.6 is 0 Å². The summed E-state index contributed by atoms with van der Waals surface area (Å²) in [6.07, 6.45) is 0.518. The fourth-order valence-electron chi connectivity index (χ4n) is 3.14. The Labute approximate surface area is 141 Å². The molecule has 1 aliphatic heterocycles. The second-order valence-corrected chi connectivity index (χ2v) is 6.40. The van der Waals surface area contributed by atoms with Crippen molar-refractivity contribution in [1.82, 2.24) is 15.1 Å². The molecule has 1 fully saturated rings. The largest absolute Gasteiger partial charge is 0.497 e. The van der Waals surface area contributed by atoms with Crippen LogP contribution in [0.15, 0.2) is 30.3 Å². The molecule has 3 rings (SSSR count). The van der Waals surface area contributed by atoms with Crippen LogP contribution in [0.1, 0.15) is 17.0 Å². The van der Waals surface area contributed by atoms with E-state index in [0.29, 0.717) is 25.9 Å². The van der Waals surface area contributed by atoms with Gasteiger partial charge < -0.3 is 14.7 Å². The van der Waals surface area contributed by atoms with Gasteiger partial charge in [0.05, 0.1) is 25.3 Å². The Kier molecular flexibility index (Phi) is 4.85. The first-order chi connectivity index (χ1) is 11.5. The maximum Gasteiger partial charge on any atom is 0.227 e. The number of aliphatic hydroxyl groups excluding tert-OH is 1. The van der Waals surface area contributed by atoms with Crippen molar-refractivity contribution in [3.8, 4) is 5.75 Å². The van der Waals surface area contributed by atoms with E-state index in [-0.39, 0.29) is 11.8 Å². The number of hydrogen-bond acceptors (Lipinski definition) is 4. The molecule has 24 heavy (non-hydrogen) atoms. The highest BCUT2D eigenvalue weighted by Crippen LogP contribution is 2.22. The number of amides is 1. The van der Waals surface area contributed by atoms with Crippen LogP contribution in [0, 0.1) is 12.8 Å². The zero-order valence-corrected chi connectivity index (χ0v) is 14.0. The van der Waals surface area contributed by atoms with Gasteiger partial charge in [-0.2, -0.15) is 5.10 Å². The van der Waals surface area contributed by atoms with Crippen LogP contribution in [0.4, 0.5) is 0 Å². The van der Waals surface area contributed by atoms with Crippen molar-refractivity contribution in [2.75, 3.05) is 20.2 Å². The van der Waals surface area contributed by atoms with Crippen LogP contribution < -0.4 is 4.74 Å². The zero-order chi connectivity index (χ0) is 17.1. The maximum atomic E-state index is 12.5. The number of nitrogens with one attached hydrogen (secondary N) is 1. The summed E-state index contributed by atoms with van der Waals surface area (Å²) in [6.45, 7) is 2.91. The van der Waals surface area contributed by atoms with Gasteiger partial charge >= 0.3 is 0 Å². The van der Waals surface area contributed by atoms with Crippen LogP contribution in [-0.2, 0) is 17.6 Å². The van der Waals surface area contributed by atoms with E-state index in [1.165, 1.54) is 0 Å². The smallest absolute Gasteiger partial charge is 0.227 e. The molecule has 1 aliphatic rings. The third-order valence-corrected chi connectivity index (χ3v) is 4.50. The number of methoxy groups -OCH3 is 1. The van der Waals surface area contributed by atoms with Crippen molar-refractivity contribution < 1.29 is 14.6 Å². The number of aromatic amines is 1. The number of nitrogens with zero attached hydrogens (tertiary/aromatic N) is 2. The third-order valence-electron chi connectivity index (χ3n) is 4.50. The number of aliphatic hydroxyl groups is 1. The van der Waals surface area contributed by atoms with Crippen molar-refractivity contribution in [1.29, 1.82) is 0 Å². The molecule has 0 saturated carbocycles. The topological polar surface area (TPSA) is 78.5 Å². The number of ether oxygens (including phenoxy) is 1. The molecule has 0 spiro atoms. The van der Waals surface area contributed by atoms with Gasteiger partial charge in [0.15, 0.2) is 0 Å². The Hall–Kier alpha value is -2.34. The lowest BCUT2D eigenvalue weighted by molar-refractivity contribution is -0.129. The molecular weight excluding hydrogens is 306 g/mol. The molecule has 1 aromatic heterocycles. The van der Waals surface area contributed by atoms with Crippen molar-refractivity contribution in [2.24, 2.45) is 5.92 Å². The van der Waals surface area contributed by atoms with Gasteiger partial charge in [-0.05, 0) is 37.1 Å². The minimum absolute atomic E-state index is 0.0347. The summed E-state index contributed by atoms with van der Waals surface area (Å²) in [4.78, 5) is 14.2. The average molecular weight is 329 g/mol. The summed E-state index contributed by atoms with van der Waals surface area (Å²) in [7, 11) is 1.62. The number of aromatic nitrogens is 2. The summed E-state index contributed by atoms with van der Waals surface area (Å²) >= 11 is 0. The molecule has 2 N–H and O–H groups in total. The standard InChI is InChI=1S/C18H23N3O3/c1-12-7-15(20-19-12)9-14-10-21(11-17(14)22)18(23)8-13-3-5-16(24-2)6-4-13/h3-7,14,17,22H,8-11H2,1-2H3,(H,19,20). The Bertz CT molecular complexity index is 696. The van der Waals surface area contributed by atoms with Crippen LogP contribution in [0.25, 0.3) is 0 Å². The minimum Gasteiger partial charge on any atom is -0.497 e. The first-order valence-electron chi connectivity index (χ1n) is 8.15. The van der Waals surface area contributed by atoms with Crippen molar-refractivity contribution in [2.45, 2.75) is 25.9 Å². The molecule has 0 aliphatic carbocycles. The van der Waals surface area contributed by atoms with Crippen molar-refractivity contribution in [3.05, 3.63) is 47.3 Å². The molecule has 1 aromatic carbocycles. The highest BCUT2D eigenvalue weighted by Gasteiger charge is 2.34. The summed E-state index contributed by atoms with van der Waals surface area (Å²) in [6, 6.07) is 9.48. The molecule has 6 heteroatoms. The third kappa shape index (κ3) is 3.76. The number of H-pyrrole nitrogens is 1. The number of carbonyl (C=O) groups is 1. The highest BCUT2D eigenvalue weighted by atomic mass is 16.5. The minimum atomic E-state index is -0.498. The normalized spacial score (nSPS) is 20.4. The van der Waals surface area contributed by atoms with E-state index < -0.39 is 6.10 Å². The SMILES string of the molecule is COc1ccc(CC(=O)N2CC(O)C(Cc3cc(C)[nH]n3)C2)cc1. The Morgan fingerprint density at radius 2 is 2.12 bits per heavy atom. The Morgan fingerprint density at radius 3 is 2.75 bits per heavy atom. The number of rotatable bonds is 5. The number of likely N-dealkylation sites (tertiary alicyclic amines) is 1. The van der Waals surface area contributed by atoms with Gasteiger partial charge in [-0.1, -0.05) is 12.1 Å². The van der Waals surface area contributed by atoms with Gasteiger partial charge in [0.25, 0.3) is 0 Å². The van der Waals surface area contributed by atoms with Gasteiger partial charge in [-0.25, -0.2) is 0 Å². The zero-order valence-electron chi connectivity index (χ0n) is 14.0. The highest BCUT2D eigenvalue weighted by molar-refractivity contribution is 5.79. The fraction of sp³-hybridized carbons (Fsp3) is 0.444. The van der Waals surface area contributed by atoms with Crippen LogP contribution in [0.5, 0.6) is 5.75 Å². The first kappa shape index (κ1) is 16.5. The molecule has 128 valence electrons. The predicted octanol–water partition coefficient (Wildman–Crippen LogP) is 1.33. The van der Waals surface area contributed by atoms with E-state index in [4.69, 9.17) is 4.74 Å². The second-order valence-electron chi connectivity index (χ2n) is 6.40. The molecular formula is C18H23N3O3. The van der Waals surface area contributed by atoms with Gasteiger partial charge in [0.2, 0.25) is 5.91 Å². The molecule has 1 amide bonds. The number of aryl methyl sites for hydroxylation is 1.